The van der Waals surface area contributed by atoms with Crippen LogP contribution in [0.4, 0.5) is 0 Å². The molecule has 0 saturated carbocycles. The average molecular weight is 555 g/mol. The van der Waals surface area contributed by atoms with Crippen LogP contribution in [0.25, 0.3) is 0 Å². The first kappa shape index (κ1) is 36.2. The van der Waals surface area contributed by atoms with Crippen LogP contribution >= 0.6 is 0 Å². The van der Waals surface area contributed by atoms with Gasteiger partial charge in [-0.05, 0) is 92.2 Å². The maximum Gasteiger partial charge on any atom is 0.122 e. The maximum atomic E-state index is 11.0. The SMILES string of the molecule is CCC.CCCCCC(C)(C)C(O)CCc1ccc(C(CC)(CC)c2ccc(OC[C@H](C)OC)c(C)c2)cc1C. The molecule has 0 aliphatic heterocycles. The normalized spacial score (nSPS) is 13.4. The predicted molar refractivity (Wildman–Crippen MR) is 174 cm³/mol. The van der Waals surface area contributed by atoms with Crippen molar-refractivity contribution in [2.75, 3.05) is 13.7 Å². The molecule has 1 unspecified atom stereocenters. The molecule has 0 radical (unpaired) electrons. The Labute approximate surface area is 248 Å². The van der Waals surface area contributed by atoms with Crippen molar-refractivity contribution in [1.29, 1.82) is 0 Å². The molecule has 228 valence electrons. The lowest BCUT2D eigenvalue weighted by atomic mass is 9.69. The summed E-state index contributed by atoms with van der Waals surface area (Å²) >= 11 is 0. The number of aliphatic hydroxyl groups excluding tert-OH is 1. The van der Waals surface area contributed by atoms with Gasteiger partial charge >= 0.3 is 0 Å². The summed E-state index contributed by atoms with van der Waals surface area (Å²) in [6.07, 6.45) is 9.60. The molecular formula is C37H62O3. The second-order valence-corrected chi connectivity index (χ2v) is 12.5. The molecule has 2 atom stereocenters. The van der Waals surface area contributed by atoms with Gasteiger partial charge in [-0.3, -0.25) is 0 Å². The number of ether oxygens (including phenoxy) is 2. The van der Waals surface area contributed by atoms with Gasteiger partial charge in [-0.2, -0.15) is 0 Å². The van der Waals surface area contributed by atoms with Crippen molar-refractivity contribution in [2.45, 2.75) is 145 Å². The molecule has 0 fully saturated rings. The zero-order valence-electron chi connectivity index (χ0n) is 28.0. The molecule has 0 amide bonds. The zero-order valence-corrected chi connectivity index (χ0v) is 28.0. The molecule has 0 bridgehead atoms. The van der Waals surface area contributed by atoms with E-state index in [1.807, 2.05) is 6.92 Å². The second kappa shape index (κ2) is 17.9. The Bertz CT molecular complexity index is 973. The Hall–Kier alpha value is -1.84. The van der Waals surface area contributed by atoms with Crippen LogP contribution in [-0.2, 0) is 16.6 Å². The maximum absolute atomic E-state index is 11.0. The van der Waals surface area contributed by atoms with E-state index in [-0.39, 0.29) is 23.0 Å². The van der Waals surface area contributed by atoms with Crippen LogP contribution in [0.5, 0.6) is 5.75 Å². The van der Waals surface area contributed by atoms with Gasteiger partial charge in [0.2, 0.25) is 0 Å². The third-order valence-electron chi connectivity index (χ3n) is 8.72. The van der Waals surface area contributed by atoms with E-state index >= 15 is 0 Å². The highest BCUT2D eigenvalue weighted by Crippen LogP contribution is 2.41. The van der Waals surface area contributed by atoms with Crippen molar-refractivity contribution >= 4 is 0 Å². The number of rotatable bonds is 16. The van der Waals surface area contributed by atoms with Crippen molar-refractivity contribution < 1.29 is 14.6 Å². The van der Waals surface area contributed by atoms with E-state index in [1.54, 1.807) is 7.11 Å². The molecule has 2 aromatic rings. The van der Waals surface area contributed by atoms with Crippen molar-refractivity contribution in [3.8, 4) is 5.75 Å². The standard InChI is InChI=1S/C34H54O3.C3H8/c1-10-13-14-21-33(7,8)32(35)20-16-28-15-17-29(22-25(28)4)34(11-2,12-3)30-18-19-31(26(5)23-30)37-24-27(6)36-9;1-3-2/h15,17-19,22-23,27,32,35H,10-14,16,20-21,24H2,1-9H3;3H2,1-2H3/t27-,32?;/m0./s1. The smallest absolute Gasteiger partial charge is 0.122 e. The monoisotopic (exact) mass is 554 g/mol. The van der Waals surface area contributed by atoms with Crippen molar-refractivity contribution in [3.05, 3.63) is 64.2 Å². The zero-order chi connectivity index (χ0) is 30.3. The minimum atomic E-state index is -0.274. The first-order valence-corrected chi connectivity index (χ1v) is 16.0. The van der Waals surface area contributed by atoms with Crippen molar-refractivity contribution in [1.82, 2.24) is 0 Å². The van der Waals surface area contributed by atoms with Gasteiger partial charge in [-0.15, -0.1) is 0 Å². The van der Waals surface area contributed by atoms with Gasteiger partial charge in [0, 0.05) is 12.5 Å². The van der Waals surface area contributed by atoms with Gasteiger partial charge in [-0.25, -0.2) is 0 Å². The first-order chi connectivity index (χ1) is 19.0. The van der Waals surface area contributed by atoms with Gasteiger partial charge in [0.15, 0.2) is 0 Å². The Morgan fingerprint density at radius 3 is 1.93 bits per heavy atom. The topological polar surface area (TPSA) is 38.7 Å². The summed E-state index contributed by atoms with van der Waals surface area (Å²) in [5.74, 6) is 0.927. The predicted octanol–water partition coefficient (Wildman–Crippen LogP) is 10.1. The van der Waals surface area contributed by atoms with Crippen LogP contribution in [-0.4, -0.2) is 31.0 Å². The molecular weight excluding hydrogens is 492 g/mol. The molecule has 3 heteroatoms. The minimum Gasteiger partial charge on any atom is -0.491 e. The molecule has 0 saturated heterocycles. The Morgan fingerprint density at radius 2 is 1.43 bits per heavy atom. The highest BCUT2D eigenvalue weighted by molar-refractivity contribution is 5.47. The van der Waals surface area contributed by atoms with E-state index < -0.39 is 0 Å². The van der Waals surface area contributed by atoms with E-state index in [0.717, 1.165) is 43.4 Å². The van der Waals surface area contributed by atoms with E-state index in [1.165, 1.54) is 47.9 Å². The van der Waals surface area contributed by atoms with Crippen LogP contribution in [0.3, 0.4) is 0 Å². The van der Waals surface area contributed by atoms with Gasteiger partial charge in [0.25, 0.3) is 0 Å². The number of unbranched alkanes of at least 4 members (excludes halogenated alkanes) is 2. The summed E-state index contributed by atoms with van der Waals surface area (Å²) in [5, 5.41) is 11.0. The number of hydrogen-bond donors (Lipinski definition) is 1. The fourth-order valence-corrected chi connectivity index (χ4v) is 5.57. The van der Waals surface area contributed by atoms with Gasteiger partial charge < -0.3 is 14.6 Å². The Kier molecular flexibility index (Phi) is 16.2. The van der Waals surface area contributed by atoms with Gasteiger partial charge in [-0.1, -0.05) is 104 Å². The van der Waals surface area contributed by atoms with E-state index in [2.05, 4.69) is 98.7 Å². The highest BCUT2D eigenvalue weighted by Gasteiger charge is 2.32. The lowest BCUT2D eigenvalue weighted by molar-refractivity contribution is 0.0357. The lowest BCUT2D eigenvalue weighted by Gasteiger charge is -2.34. The number of aliphatic hydroxyl groups is 1. The average Bonchev–Trinajstić information content (AvgIpc) is 2.93. The molecule has 0 aliphatic rings. The molecule has 0 aliphatic carbocycles. The highest BCUT2D eigenvalue weighted by atomic mass is 16.5. The molecule has 3 nitrogen and oxygen atoms in total. The second-order valence-electron chi connectivity index (χ2n) is 12.5. The molecule has 0 aromatic heterocycles. The van der Waals surface area contributed by atoms with E-state index in [4.69, 9.17) is 9.47 Å². The molecule has 2 rings (SSSR count). The molecule has 0 spiro atoms. The quantitative estimate of drug-likeness (QED) is 0.210. The largest absolute Gasteiger partial charge is 0.491 e. The summed E-state index contributed by atoms with van der Waals surface area (Å²) in [7, 11) is 1.71. The molecule has 2 aromatic carbocycles. The summed E-state index contributed by atoms with van der Waals surface area (Å²) in [5.41, 5.74) is 6.49. The minimum absolute atomic E-state index is 0.0298. The molecule has 0 heterocycles. The van der Waals surface area contributed by atoms with Crippen molar-refractivity contribution in [2.24, 2.45) is 5.41 Å². The summed E-state index contributed by atoms with van der Waals surface area (Å²) in [4.78, 5) is 0. The lowest BCUT2D eigenvalue weighted by Crippen LogP contribution is -2.30. The number of aryl methyl sites for hydroxylation is 3. The third-order valence-corrected chi connectivity index (χ3v) is 8.72. The van der Waals surface area contributed by atoms with Crippen LogP contribution in [0, 0.1) is 19.3 Å². The van der Waals surface area contributed by atoms with E-state index in [9.17, 15) is 5.11 Å². The fourth-order valence-electron chi connectivity index (χ4n) is 5.57. The summed E-state index contributed by atoms with van der Waals surface area (Å²) in [6.45, 7) is 22.4. The third kappa shape index (κ3) is 10.2. The summed E-state index contributed by atoms with van der Waals surface area (Å²) < 4.78 is 11.3. The summed E-state index contributed by atoms with van der Waals surface area (Å²) in [6, 6.07) is 13.7. The van der Waals surface area contributed by atoms with Crippen LogP contribution < -0.4 is 4.74 Å². The number of hydrogen-bond acceptors (Lipinski definition) is 3. The molecule has 40 heavy (non-hydrogen) atoms. The molecule has 1 N–H and O–H groups in total. The Morgan fingerprint density at radius 1 is 0.850 bits per heavy atom. The van der Waals surface area contributed by atoms with Crippen molar-refractivity contribution in [3.63, 3.8) is 0 Å². The van der Waals surface area contributed by atoms with Gasteiger partial charge in [0.05, 0.1) is 12.2 Å². The van der Waals surface area contributed by atoms with Crippen LogP contribution in [0.15, 0.2) is 36.4 Å². The van der Waals surface area contributed by atoms with Crippen LogP contribution in [0.2, 0.25) is 0 Å². The first-order valence-electron chi connectivity index (χ1n) is 16.0. The number of methoxy groups -OCH3 is 1. The number of benzene rings is 2. The Balaban J connectivity index is 0.00000254. The van der Waals surface area contributed by atoms with E-state index in [0.29, 0.717) is 6.61 Å². The van der Waals surface area contributed by atoms with Crippen LogP contribution in [0.1, 0.15) is 135 Å². The van der Waals surface area contributed by atoms with Gasteiger partial charge in [0.1, 0.15) is 12.4 Å². The fraction of sp³-hybridized carbons (Fsp3) is 0.676.